The molecule has 0 saturated carbocycles. The summed E-state index contributed by atoms with van der Waals surface area (Å²) in [6.45, 7) is 3.42. The van der Waals surface area contributed by atoms with Gasteiger partial charge in [-0.25, -0.2) is 14.5 Å². The third kappa shape index (κ3) is 6.51. The minimum absolute atomic E-state index is 0.180. The molecule has 0 aliphatic carbocycles. The lowest BCUT2D eigenvalue weighted by molar-refractivity contribution is -0.122. The lowest BCUT2D eigenvalue weighted by atomic mass is 9.83. The van der Waals surface area contributed by atoms with Crippen LogP contribution in [0.3, 0.4) is 0 Å². The van der Waals surface area contributed by atoms with Crippen molar-refractivity contribution >= 4 is 87.3 Å². The highest BCUT2D eigenvalue weighted by Crippen LogP contribution is 2.55. The van der Waals surface area contributed by atoms with E-state index in [4.69, 9.17) is 32.7 Å². The molecule has 1 saturated heterocycles. The van der Waals surface area contributed by atoms with Gasteiger partial charge >= 0.3 is 16.8 Å². The summed E-state index contributed by atoms with van der Waals surface area (Å²) in [7, 11) is 0. The molecule has 3 atom stereocenters. The molecule has 3 amide bonds. The number of carbonyl (C=O) groups excluding carboxylic acids is 5. The van der Waals surface area contributed by atoms with Gasteiger partial charge in [0.25, 0.3) is 0 Å². The second-order valence-corrected chi connectivity index (χ2v) is 13.8. The van der Waals surface area contributed by atoms with Crippen molar-refractivity contribution in [3.8, 4) is 0 Å². The molecule has 3 unspecified atom stereocenters. The predicted octanol–water partition coefficient (Wildman–Crippen LogP) is 6.00. The number of anilines is 2. The summed E-state index contributed by atoms with van der Waals surface area (Å²) >= 11 is 15.0. The number of aromatic nitrogens is 1. The highest BCUT2D eigenvalue weighted by molar-refractivity contribution is 8.00. The van der Waals surface area contributed by atoms with Gasteiger partial charge in [-0.2, -0.15) is 0 Å². The summed E-state index contributed by atoms with van der Waals surface area (Å²) in [5.74, 6) is -4.36. The molecule has 1 N–H and O–H groups in total. The number of halogens is 2. The van der Waals surface area contributed by atoms with Crippen LogP contribution in [-0.2, 0) is 30.4 Å². The molecule has 252 valence electrons. The molecule has 3 aromatic carbocycles. The van der Waals surface area contributed by atoms with Crippen molar-refractivity contribution in [1.82, 2.24) is 4.57 Å². The Morgan fingerprint density at radius 3 is 2.06 bits per heavy atom. The number of carbonyl (C=O) groups is 5. The van der Waals surface area contributed by atoms with Crippen LogP contribution in [0.4, 0.5) is 11.4 Å². The van der Waals surface area contributed by atoms with Crippen LogP contribution in [0.2, 0.25) is 10.0 Å². The second-order valence-electron chi connectivity index (χ2n) is 10.9. The number of benzene rings is 3. The minimum Gasteiger partial charge on any atom is -0.462 e. The average molecular weight is 741 g/mol. The Labute approximate surface area is 298 Å². The fourth-order valence-electron chi connectivity index (χ4n) is 5.81. The van der Waals surface area contributed by atoms with Gasteiger partial charge in [0.05, 0.1) is 51.0 Å². The zero-order valence-electron chi connectivity index (χ0n) is 25.9. The molecule has 0 spiro atoms. The van der Waals surface area contributed by atoms with Crippen molar-refractivity contribution in [3.63, 3.8) is 0 Å². The van der Waals surface area contributed by atoms with Gasteiger partial charge < -0.3 is 14.8 Å². The number of nitrogens with one attached hydrogen (secondary N) is 1. The Morgan fingerprint density at radius 1 is 0.837 bits per heavy atom. The zero-order chi connectivity index (χ0) is 35.0. The van der Waals surface area contributed by atoms with E-state index in [1.807, 2.05) is 0 Å². The summed E-state index contributed by atoms with van der Waals surface area (Å²) in [5, 5.41) is 2.54. The first-order valence-electron chi connectivity index (χ1n) is 15.1. The van der Waals surface area contributed by atoms with Crippen LogP contribution in [-0.4, -0.2) is 52.7 Å². The number of amides is 3. The standard InChI is InChI=1S/C34H27Cl2N3O8S2/c1-3-46-32(43)17-8-12-19(13-9-17)37-23(40)16-38-31-28(49-34(38)45)24(21-6-5-7-22(35)26(21)36)25-27(48-31)30(42)39(29(25)41)20-14-10-18(11-15-20)33(44)47-4-2/h5-15,24-25,27H,3-4,16H2,1-2H3,(H,37,40). The molecule has 1 aromatic heterocycles. The molecular weight excluding hydrogens is 713 g/mol. The second kappa shape index (κ2) is 14.2. The van der Waals surface area contributed by atoms with Crippen LogP contribution < -0.4 is 15.1 Å². The lowest BCUT2D eigenvalue weighted by Gasteiger charge is -2.31. The summed E-state index contributed by atoms with van der Waals surface area (Å²) in [6, 6.07) is 17.0. The van der Waals surface area contributed by atoms with Crippen molar-refractivity contribution < 1.29 is 33.4 Å². The van der Waals surface area contributed by atoms with Crippen molar-refractivity contribution in [2.75, 3.05) is 23.4 Å². The normalized spacial score (nSPS) is 18.1. The van der Waals surface area contributed by atoms with Crippen LogP contribution in [0.15, 0.2) is 76.6 Å². The smallest absolute Gasteiger partial charge is 0.338 e. The van der Waals surface area contributed by atoms with Crippen molar-refractivity contribution in [2.45, 2.75) is 36.6 Å². The van der Waals surface area contributed by atoms with Gasteiger partial charge in [0.2, 0.25) is 17.7 Å². The number of esters is 2. The third-order valence-electron chi connectivity index (χ3n) is 7.98. The minimum atomic E-state index is -0.969. The first kappa shape index (κ1) is 34.4. The third-order valence-corrected chi connectivity index (χ3v) is 11.4. The van der Waals surface area contributed by atoms with Gasteiger partial charge in [0, 0.05) is 16.5 Å². The van der Waals surface area contributed by atoms with Crippen molar-refractivity contribution in [1.29, 1.82) is 0 Å². The Bertz CT molecular complexity index is 2050. The molecule has 1 fully saturated rings. The van der Waals surface area contributed by atoms with Crippen molar-refractivity contribution in [2.24, 2.45) is 5.92 Å². The largest absolute Gasteiger partial charge is 0.462 e. The molecule has 11 nitrogen and oxygen atoms in total. The molecular formula is C34H27Cl2N3O8S2. The summed E-state index contributed by atoms with van der Waals surface area (Å²) < 4.78 is 11.3. The Balaban J connectivity index is 1.34. The fourth-order valence-corrected chi connectivity index (χ4v) is 9.00. The number of thiazole rings is 1. The van der Waals surface area contributed by atoms with Crippen LogP contribution in [0.25, 0.3) is 0 Å². The Kier molecular flexibility index (Phi) is 9.98. The van der Waals surface area contributed by atoms with Gasteiger partial charge in [-0.1, -0.05) is 58.4 Å². The van der Waals surface area contributed by atoms with E-state index < -0.39 is 51.6 Å². The highest BCUT2D eigenvalue weighted by Gasteiger charge is 2.57. The topological polar surface area (TPSA) is 141 Å². The predicted molar refractivity (Wildman–Crippen MR) is 186 cm³/mol. The van der Waals surface area contributed by atoms with E-state index in [9.17, 15) is 28.8 Å². The summed E-state index contributed by atoms with van der Waals surface area (Å²) in [5.41, 5.74) is 1.71. The molecule has 0 bridgehead atoms. The molecule has 49 heavy (non-hydrogen) atoms. The first-order valence-corrected chi connectivity index (χ1v) is 17.5. The van der Waals surface area contributed by atoms with Gasteiger partial charge in [-0.3, -0.25) is 23.7 Å². The quantitative estimate of drug-likeness (QED) is 0.162. The van der Waals surface area contributed by atoms with Gasteiger partial charge in [0.15, 0.2) is 0 Å². The molecule has 0 radical (unpaired) electrons. The number of hydrogen-bond donors (Lipinski definition) is 1. The average Bonchev–Trinajstić information content (AvgIpc) is 3.53. The van der Waals surface area contributed by atoms with Gasteiger partial charge in [-0.15, -0.1) is 0 Å². The molecule has 3 heterocycles. The number of thioether (sulfide) groups is 1. The zero-order valence-corrected chi connectivity index (χ0v) is 29.1. The summed E-state index contributed by atoms with van der Waals surface area (Å²) in [6.07, 6.45) is 0. The summed E-state index contributed by atoms with van der Waals surface area (Å²) in [4.78, 5) is 80.2. The van der Waals surface area contributed by atoms with E-state index in [1.165, 1.54) is 41.0 Å². The van der Waals surface area contributed by atoms with Crippen LogP contribution in [0.1, 0.15) is 50.9 Å². The molecule has 2 aliphatic heterocycles. The van der Waals surface area contributed by atoms with Gasteiger partial charge in [0.1, 0.15) is 11.8 Å². The number of fused-ring (bicyclic) bond motifs is 2. The number of imide groups is 1. The van der Waals surface area contributed by atoms with E-state index in [1.54, 1.807) is 44.2 Å². The number of hydrogen-bond acceptors (Lipinski definition) is 10. The number of ether oxygens (including phenoxy) is 2. The number of rotatable bonds is 9. The maximum absolute atomic E-state index is 14.2. The molecule has 6 rings (SSSR count). The fraction of sp³-hybridized carbons (Fsp3) is 0.235. The Hall–Kier alpha value is -4.43. The van der Waals surface area contributed by atoms with Crippen molar-refractivity contribution in [3.05, 3.63) is 108 Å². The van der Waals surface area contributed by atoms with Crippen LogP contribution in [0, 0.1) is 5.92 Å². The molecule has 2 aliphatic rings. The first-order chi connectivity index (χ1) is 23.5. The van der Waals surface area contributed by atoms with Crippen LogP contribution >= 0.6 is 46.3 Å². The lowest BCUT2D eigenvalue weighted by Crippen LogP contribution is -2.33. The van der Waals surface area contributed by atoms with E-state index in [2.05, 4.69) is 5.32 Å². The molecule has 15 heteroatoms. The maximum Gasteiger partial charge on any atom is 0.338 e. The monoisotopic (exact) mass is 739 g/mol. The molecule has 4 aromatic rings. The van der Waals surface area contributed by atoms with E-state index in [-0.39, 0.29) is 41.1 Å². The highest BCUT2D eigenvalue weighted by atomic mass is 35.5. The number of nitrogens with zero attached hydrogens (tertiary/aromatic N) is 2. The van der Waals surface area contributed by atoms with E-state index in [0.29, 0.717) is 26.7 Å². The Morgan fingerprint density at radius 2 is 1.45 bits per heavy atom. The van der Waals surface area contributed by atoms with E-state index in [0.717, 1.165) is 28.0 Å². The van der Waals surface area contributed by atoms with E-state index >= 15 is 0 Å². The SMILES string of the molecule is CCOC(=O)c1ccc(NC(=O)Cn2c3c(sc2=O)C(c2cccc(Cl)c2Cl)C2C(=O)N(c4ccc(C(=O)OCC)cc4)C(=O)C2S3)cc1. The van der Waals surface area contributed by atoms with Gasteiger partial charge in [-0.05, 0) is 74.0 Å². The maximum atomic E-state index is 14.2. The van der Waals surface area contributed by atoms with Crippen LogP contribution in [0.5, 0.6) is 0 Å².